The van der Waals surface area contributed by atoms with Crippen molar-refractivity contribution in [1.29, 1.82) is 0 Å². The molecule has 1 atom stereocenters. The molecule has 1 amide bonds. The highest BCUT2D eigenvalue weighted by molar-refractivity contribution is 7.15. The molecule has 1 aromatic carbocycles. The lowest BCUT2D eigenvalue weighted by Gasteiger charge is -2.13. The van der Waals surface area contributed by atoms with Crippen LogP contribution in [0, 0.1) is 0 Å². The fraction of sp³-hybridized carbons (Fsp3) is 0.429. The SMILES string of the molecule is CCc1ccc(-c2csc(NC(=O)[C@H]3CCCO3)c2C(=O)OC(C)C)cc1. The number of hydrogen-bond donors (Lipinski definition) is 1. The molecule has 1 saturated heterocycles. The Hall–Kier alpha value is -2.18. The van der Waals surface area contributed by atoms with Crippen LogP contribution in [0.5, 0.6) is 0 Å². The van der Waals surface area contributed by atoms with Gasteiger partial charge in [-0.15, -0.1) is 11.3 Å². The van der Waals surface area contributed by atoms with Crippen molar-refractivity contribution >= 4 is 28.2 Å². The quantitative estimate of drug-likeness (QED) is 0.732. The molecule has 144 valence electrons. The minimum atomic E-state index is -0.451. The van der Waals surface area contributed by atoms with E-state index in [4.69, 9.17) is 9.47 Å². The third kappa shape index (κ3) is 4.57. The van der Waals surface area contributed by atoms with E-state index in [1.807, 2.05) is 31.4 Å². The van der Waals surface area contributed by atoms with Crippen LogP contribution in [-0.2, 0) is 20.7 Å². The molecule has 2 aromatic rings. The molecule has 0 unspecified atom stereocenters. The van der Waals surface area contributed by atoms with Crippen LogP contribution >= 0.6 is 11.3 Å². The van der Waals surface area contributed by atoms with Gasteiger partial charge in [0.25, 0.3) is 5.91 Å². The summed E-state index contributed by atoms with van der Waals surface area (Å²) in [6, 6.07) is 8.10. The standard InChI is InChI=1S/C21H25NO4S/c1-4-14-7-9-15(10-8-14)16-12-27-20(18(16)21(24)26-13(2)3)22-19(23)17-6-5-11-25-17/h7-10,12-13,17H,4-6,11H2,1-3H3,(H,22,23)/t17-/m1/s1. The lowest BCUT2D eigenvalue weighted by atomic mass is 10.0. The molecule has 1 N–H and O–H groups in total. The van der Waals surface area contributed by atoms with Gasteiger partial charge in [-0.1, -0.05) is 31.2 Å². The Kier molecular flexibility index (Phi) is 6.29. The van der Waals surface area contributed by atoms with Gasteiger partial charge in [0.2, 0.25) is 0 Å². The van der Waals surface area contributed by atoms with Gasteiger partial charge < -0.3 is 14.8 Å². The first kappa shape index (κ1) is 19.6. The highest BCUT2D eigenvalue weighted by Gasteiger charge is 2.28. The molecule has 1 fully saturated rings. The molecule has 0 spiro atoms. The predicted molar refractivity (Wildman–Crippen MR) is 107 cm³/mol. The van der Waals surface area contributed by atoms with Gasteiger partial charge in [0.15, 0.2) is 0 Å². The highest BCUT2D eigenvalue weighted by atomic mass is 32.1. The van der Waals surface area contributed by atoms with Gasteiger partial charge in [0, 0.05) is 17.6 Å². The summed E-state index contributed by atoms with van der Waals surface area (Å²) in [5.41, 5.74) is 3.34. The van der Waals surface area contributed by atoms with Gasteiger partial charge in [-0.25, -0.2) is 4.79 Å². The van der Waals surface area contributed by atoms with Gasteiger partial charge in [-0.3, -0.25) is 4.79 Å². The summed E-state index contributed by atoms with van der Waals surface area (Å²) in [4.78, 5) is 25.2. The predicted octanol–water partition coefficient (Wildman–Crippen LogP) is 4.66. The number of carbonyl (C=O) groups is 2. The maximum absolute atomic E-state index is 12.8. The fourth-order valence-electron chi connectivity index (χ4n) is 3.03. The largest absolute Gasteiger partial charge is 0.459 e. The Morgan fingerprint density at radius 1 is 1.30 bits per heavy atom. The van der Waals surface area contributed by atoms with Crippen molar-refractivity contribution in [3.8, 4) is 11.1 Å². The van der Waals surface area contributed by atoms with Crippen molar-refractivity contribution in [2.45, 2.75) is 52.2 Å². The highest BCUT2D eigenvalue weighted by Crippen LogP contribution is 2.37. The second-order valence-electron chi connectivity index (χ2n) is 6.85. The van der Waals surface area contributed by atoms with E-state index in [0.29, 0.717) is 23.6 Å². The zero-order valence-electron chi connectivity index (χ0n) is 15.9. The monoisotopic (exact) mass is 387 g/mol. The average molecular weight is 388 g/mol. The Bertz CT molecular complexity index is 804. The van der Waals surface area contributed by atoms with Crippen molar-refractivity contribution < 1.29 is 19.1 Å². The second-order valence-corrected chi connectivity index (χ2v) is 7.73. The Balaban J connectivity index is 1.93. The molecule has 0 aliphatic carbocycles. The number of benzene rings is 1. The minimum Gasteiger partial charge on any atom is -0.459 e. The lowest BCUT2D eigenvalue weighted by Crippen LogP contribution is -2.27. The molecule has 1 aliphatic rings. The fourth-order valence-corrected chi connectivity index (χ4v) is 4.00. The zero-order chi connectivity index (χ0) is 19.4. The first-order valence-corrected chi connectivity index (χ1v) is 10.2. The maximum Gasteiger partial charge on any atom is 0.342 e. The number of ether oxygens (including phenoxy) is 2. The molecule has 0 radical (unpaired) electrons. The molecule has 5 nitrogen and oxygen atoms in total. The summed E-state index contributed by atoms with van der Waals surface area (Å²) in [6.45, 7) is 6.32. The molecular weight excluding hydrogens is 362 g/mol. The van der Waals surface area contributed by atoms with Crippen molar-refractivity contribution in [2.75, 3.05) is 11.9 Å². The normalized spacial score (nSPS) is 16.5. The first-order chi connectivity index (χ1) is 13.0. The molecule has 6 heteroatoms. The van der Waals surface area contributed by atoms with E-state index in [-0.39, 0.29) is 12.0 Å². The van der Waals surface area contributed by atoms with E-state index in [2.05, 4.69) is 24.4 Å². The number of hydrogen-bond acceptors (Lipinski definition) is 5. The summed E-state index contributed by atoms with van der Waals surface area (Å²) < 4.78 is 10.9. The van der Waals surface area contributed by atoms with Crippen LogP contribution in [0.4, 0.5) is 5.00 Å². The van der Waals surface area contributed by atoms with E-state index >= 15 is 0 Å². The number of esters is 1. The molecule has 1 aromatic heterocycles. The third-order valence-corrected chi connectivity index (χ3v) is 5.37. The van der Waals surface area contributed by atoms with E-state index in [1.54, 1.807) is 0 Å². The van der Waals surface area contributed by atoms with E-state index in [0.717, 1.165) is 24.0 Å². The number of rotatable bonds is 6. The van der Waals surface area contributed by atoms with Crippen molar-refractivity contribution in [3.63, 3.8) is 0 Å². The third-order valence-electron chi connectivity index (χ3n) is 4.47. The van der Waals surface area contributed by atoms with Crippen LogP contribution in [0.2, 0.25) is 0 Å². The Morgan fingerprint density at radius 2 is 2.04 bits per heavy atom. The smallest absolute Gasteiger partial charge is 0.342 e. The van der Waals surface area contributed by atoms with Crippen LogP contribution in [0.15, 0.2) is 29.6 Å². The number of carbonyl (C=O) groups excluding carboxylic acids is 2. The average Bonchev–Trinajstić information content (AvgIpc) is 3.31. The number of nitrogens with one attached hydrogen (secondary N) is 1. The summed E-state index contributed by atoms with van der Waals surface area (Å²) in [5, 5.41) is 5.27. The molecule has 2 heterocycles. The van der Waals surface area contributed by atoms with Gasteiger partial charge in [0.05, 0.1) is 6.10 Å². The summed E-state index contributed by atoms with van der Waals surface area (Å²) in [5.74, 6) is -0.635. The number of thiophene rings is 1. The van der Waals surface area contributed by atoms with Gasteiger partial charge in [-0.05, 0) is 44.2 Å². The first-order valence-electron chi connectivity index (χ1n) is 9.33. The zero-order valence-corrected chi connectivity index (χ0v) is 16.7. The number of anilines is 1. The van der Waals surface area contributed by atoms with Crippen LogP contribution < -0.4 is 5.32 Å². The lowest BCUT2D eigenvalue weighted by molar-refractivity contribution is -0.124. The molecule has 3 rings (SSSR count). The molecular formula is C21H25NO4S. The minimum absolute atomic E-state index is 0.208. The van der Waals surface area contributed by atoms with Gasteiger partial charge >= 0.3 is 5.97 Å². The molecule has 0 bridgehead atoms. The molecule has 1 aliphatic heterocycles. The van der Waals surface area contributed by atoms with Crippen molar-refractivity contribution in [3.05, 3.63) is 40.8 Å². The van der Waals surface area contributed by atoms with Gasteiger partial charge in [0.1, 0.15) is 16.7 Å². The van der Waals surface area contributed by atoms with E-state index < -0.39 is 12.1 Å². The molecule has 27 heavy (non-hydrogen) atoms. The van der Waals surface area contributed by atoms with Crippen LogP contribution in [0.1, 0.15) is 49.5 Å². The summed E-state index contributed by atoms with van der Waals surface area (Å²) in [7, 11) is 0. The van der Waals surface area contributed by atoms with Crippen LogP contribution in [-0.4, -0.2) is 30.7 Å². The maximum atomic E-state index is 12.8. The topological polar surface area (TPSA) is 64.6 Å². The Labute approximate surface area is 163 Å². The second kappa shape index (κ2) is 8.67. The molecule has 0 saturated carbocycles. The van der Waals surface area contributed by atoms with Crippen LogP contribution in [0.25, 0.3) is 11.1 Å². The van der Waals surface area contributed by atoms with E-state index in [1.165, 1.54) is 16.9 Å². The summed E-state index contributed by atoms with van der Waals surface area (Å²) >= 11 is 1.34. The van der Waals surface area contributed by atoms with E-state index in [9.17, 15) is 9.59 Å². The number of amides is 1. The van der Waals surface area contributed by atoms with Gasteiger partial charge in [-0.2, -0.15) is 0 Å². The van der Waals surface area contributed by atoms with Crippen molar-refractivity contribution in [2.24, 2.45) is 0 Å². The van der Waals surface area contributed by atoms with Crippen LogP contribution in [0.3, 0.4) is 0 Å². The summed E-state index contributed by atoms with van der Waals surface area (Å²) in [6.07, 6.45) is 1.84. The Morgan fingerprint density at radius 3 is 2.63 bits per heavy atom. The number of aryl methyl sites for hydroxylation is 1. The van der Waals surface area contributed by atoms with Crippen molar-refractivity contribution in [1.82, 2.24) is 0 Å².